The van der Waals surface area contributed by atoms with Gasteiger partial charge in [-0.1, -0.05) is 29.8 Å². The first-order valence-corrected chi connectivity index (χ1v) is 11.4. The first-order chi connectivity index (χ1) is 14.4. The molecule has 168 valence electrons. The predicted molar refractivity (Wildman–Crippen MR) is 112 cm³/mol. The number of hydrogen-bond acceptors (Lipinski definition) is 3. The molecule has 1 heterocycles. The Hall–Kier alpha value is -2.39. The fourth-order valence-electron chi connectivity index (χ4n) is 4.15. The van der Waals surface area contributed by atoms with E-state index >= 15 is 0 Å². The Morgan fingerprint density at radius 3 is 2.32 bits per heavy atom. The lowest BCUT2D eigenvalue weighted by Crippen LogP contribution is -2.44. The summed E-state index contributed by atoms with van der Waals surface area (Å²) >= 11 is 0. The normalized spacial score (nSPS) is 18.1. The van der Waals surface area contributed by atoms with Crippen LogP contribution in [0.1, 0.15) is 35.1 Å². The molecular weight excluding hydrogens is 429 g/mol. The van der Waals surface area contributed by atoms with Crippen LogP contribution in [0.4, 0.5) is 18.9 Å². The van der Waals surface area contributed by atoms with Crippen molar-refractivity contribution in [3.63, 3.8) is 0 Å². The number of carbonyl (C=O) groups is 1. The quantitative estimate of drug-likeness (QED) is 0.730. The number of alkyl halides is 3. The summed E-state index contributed by atoms with van der Waals surface area (Å²) in [6, 6.07) is 8.34. The van der Waals surface area contributed by atoms with Crippen molar-refractivity contribution in [2.24, 2.45) is 5.92 Å². The summed E-state index contributed by atoms with van der Waals surface area (Å²) in [5.41, 5.74) is 0.944. The molecule has 1 amide bonds. The standard InChI is InChI=1S/C22H25F3N2O3S/c1-14-11-15(2)20(16(3)12-14)31(29,30)27-10-6-7-17(13-27)21(28)26-19-9-5-4-8-18(19)22(23,24)25/h4-5,8-9,11-12,17H,6-7,10,13H2,1-3H3,(H,26,28)/t17-/m0/s1. The van der Waals surface area contributed by atoms with Gasteiger partial charge in [-0.05, 0) is 56.9 Å². The number of anilines is 1. The number of carbonyl (C=O) groups excluding carboxylic acids is 1. The minimum atomic E-state index is -4.60. The van der Waals surface area contributed by atoms with Crippen LogP contribution in [0, 0.1) is 26.7 Å². The van der Waals surface area contributed by atoms with E-state index in [0.717, 1.165) is 11.6 Å². The third kappa shape index (κ3) is 4.93. The highest BCUT2D eigenvalue weighted by Crippen LogP contribution is 2.35. The van der Waals surface area contributed by atoms with Gasteiger partial charge in [0, 0.05) is 13.1 Å². The van der Waals surface area contributed by atoms with Crippen LogP contribution < -0.4 is 5.32 Å². The van der Waals surface area contributed by atoms with Gasteiger partial charge in [0.2, 0.25) is 15.9 Å². The molecule has 31 heavy (non-hydrogen) atoms. The van der Waals surface area contributed by atoms with Gasteiger partial charge in [0.1, 0.15) is 0 Å². The zero-order chi connectivity index (χ0) is 23.0. The maximum atomic E-state index is 13.3. The third-order valence-electron chi connectivity index (χ3n) is 5.45. The second-order valence-corrected chi connectivity index (χ2v) is 9.84. The van der Waals surface area contributed by atoms with Crippen molar-refractivity contribution in [2.75, 3.05) is 18.4 Å². The lowest BCUT2D eigenvalue weighted by molar-refractivity contribution is -0.137. The molecule has 1 aliphatic rings. The number of aryl methyl sites for hydroxylation is 3. The van der Waals surface area contributed by atoms with Crippen molar-refractivity contribution < 1.29 is 26.4 Å². The second kappa shape index (κ2) is 8.63. The molecule has 0 saturated carbocycles. The van der Waals surface area contributed by atoms with E-state index in [0.29, 0.717) is 24.0 Å². The average molecular weight is 455 g/mol. The highest BCUT2D eigenvalue weighted by molar-refractivity contribution is 7.89. The van der Waals surface area contributed by atoms with Crippen molar-refractivity contribution in [3.8, 4) is 0 Å². The highest BCUT2D eigenvalue weighted by Gasteiger charge is 2.37. The number of nitrogens with zero attached hydrogens (tertiary/aromatic N) is 1. The number of para-hydroxylation sites is 1. The SMILES string of the molecule is Cc1cc(C)c(S(=O)(=O)N2CCC[C@H](C(=O)Nc3ccccc3C(F)(F)F)C2)c(C)c1. The summed E-state index contributed by atoms with van der Waals surface area (Å²) in [5, 5.41) is 2.35. The number of halogens is 3. The van der Waals surface area contributed by atoms with Gasteiger partial charge < -0.3 is 5.32 Å². The van der Waals surface area contributed by atoms with Gasteiger partial charge in [0.15, 0.2) is 0 Å². The van der Waals surface area contributed by atoms with E-state index in [1.165, 1.54) is 22.5 Å². The summed E-state index contributed by atoms with van der Waals surface area (Å²) in [6.45, 7) is 5.54. The van der Waals surface area contributed by atoms with Gasteiger partial charge in [-0.2, -0.15) is 17.5 Å². The molecule has 1 N–H and O–H groups in total. The highest BCUT2D eigenvalue weighted by atomic mass is 32.2. The molecule has 9 heteroatoms. The molecule has 0 bridgehead atoms. The molecule has 1 saturated heterocycles. The van der Waals surface area contributed by atoms with E-state index in [1.54, 1.807) is 26.0 Å². The summed E-state index contributed by atoms with van der Waals surface area (Å²) in [7, 11) is -3.84. The van der Waals surface area contributed by atoms with Gasteiger partial charge in [0.25, 0.3) is 0 Å². The summed E-state index contributed by atoms with van der Waals surface area (Å²) in [5.74, 6) is -1.36. The Kier molecular flexibility index (Phi) is 6.48. The molecule has 0 spiro atoms. The summed E-state index contributed by atoms with van der Waals surface area (Å²) in [4.78, 5) is 13.0. The van der Waals surface area contributed by atoms with Gasteiger partial charge in [-0.15, -0.1) is 0 Å². The molecule has 0 radical (unpaired) electrons. The predicted octanol–water partition coefficient (Wildman–Crippen LogP) is 4.67. The summed E-state index contributed by atoms with van der Waals surface area (Å²) in [6.07, 6.45) is -3.76. The molecule has 5 nitrogen and oxygen atoms in total. The van der Waals surface area contributed by atoms with Crippen LogP contribution in [-0.4, -0.2) is 31.7 Å². The fourth-order valence-corrected chi connectivity index (χ4v) is 6.09. The van der Waals surface area contributed by atoms with Crippen molar-refractivity contribution in [2.45, 2.75) is 44.7 Å². The van der Waals surface area contributed by atoms with Crippen molar-refractivity contribution >= 4 is 21.6 Å². The van der Waals surface area contributed by atoms with Crippen LogP contribution in [0.2, 0.25) is 0 Å². The molecule has 1 aliphatic heterocycles. The molecule has 1 atom stereocenters. The topological polar surface area (TPSA) is 66.5 Å². The fraction of sp³-hybridized carbons (Fsp3) is 0.409. The maximum absolute atomic E-state index is 13.3. The lowest BCUT2D eigenvalue weighted by atomic mass is 9.98. The zero-order valence-electron chi connectivity index (χ0n) is 17.6. The Bertz CT molecular complexity index is 1070. The van der Waals surface area contributed by atoms with Gasteiger partial charge in [-0.25, -0.2) is 8.42 Å². The molecule has 0 unspecified atom stereocenters. The van der Waals surface area contributed by atoms with Crippen molar-refractivity contribution in [3.05, 3.63) is 58.7 Å². The van der Waals surface area contributed by atoms with Crippen LogP contribution >= 0.6 is 0 Å². The Morgan fingerprint density at radius 1 is 1.10 bits per heavy atom. The molecular formula is C22H25F3N2O3S. The van der Waals surface area contributed by atoms with E-state index in [2.05, 4.69) is 5.32 Å². The van der Waals surface area contributed by atoms with Crippen LogP contribution in [0.3, 0.4) is 0 Å². The number of nitrogens with one attached hydrogen (secondary N) is 1. The van der Waals surface area contributed by atoms with Crippen LogP contribution in [-0.2, 0) is 21.0 Å². The molecule has 0 aliphatic carbocycles. The zero-order valence-corrected chi connectivity index (χ0v) is 18.4. The molecule has 1 fully saturated rings. The molecule has 2 aromatic rings. The van der Waals surface area contributed by atoms with Crippen molar-refractivity contribution in [1.29, 1.82) is 0 Å². The Balaban J connectivity index is 1.82. The van der Waals surface area contributed by atoms with Crippen molar-refractivity contribution in [1.82, 2.24) is 4.31 Å². The summed E-state index contributed by atoms with van der Waals surface area (Å²) < 4.78 is 67.5. The van der Waals surface area contributed by atoms with E-state index in [9.17, 15) is 26.4 Å². The largest absolute Gasteiger partial charge is 0.418 e. The maximum Gasteiger partial charge on any atom is 0.418 e. The molecule has 2 aromatic carbocycles. The lowest BCUT2D eigenvalue weighted by Gasteiger charge is -2.32. The van der Waals surface area contributed by atoms with E-state index in [1.807, 2.05) is 6.92 Å². The molecule has 0 aromatic heterocycles. The Labute approximate surface area is 180 Å². The first-order valence-electron chi connectivity index (χ1n) is 9.96. The minimum absolute atomic E-state index is 0.0743. The van der Waals surface area contributed by atoms with E-state index in [4.69, 9.17) is 0 Å². The second-order valence-electron chi connectivity index (χ2n) is 7.96. The smallest absolute Gasteiger partial charge is 0.325 e. The number of piperidine rings is 1. The van der Waals surface area contributed by atoms with Crippen LogP contribution in [0.25, 0.3) is 0 Å². The number of benzene rings is 2. The van der Waals surface area contributed by atoms with Gasteiger partial charge >= 0.3 is 6.18 Å². The van der Waals surface area contributed by atoms with Crippen LogP contribution in [0.5, 0.6) is 0 Å². The number of rotatable bonds is 4. The minimum Gasteiger partial charge on any atom is -0.325 e. The number of amides is 1. The number of hydrogen-bond donors (Lipinski definition) is 1. The first kappa shape index (κ1) is 23.3. The Morgan fingerprint density at radius 2 is 1.71 bits per heavy atom. The number of sulfonamides is 1. The van der Waals surface area contributed by atoms with Gasteiger partial charge in [0.05, 0.1) is 22.1 Å². The van der Waals surface area contributed by atoms with Crippen LogP contribution in [0.15, 0.2) is 41.3 Å². The monoisotopic (exact) mass is 454 g/mol. The van der Waals surface area contributed by atoms with E-state index < -0.39 is 33.6 Å². The van der Waals surface area contributed by atoms with E-state index in [-0.39, 0.29) is 23.7 Å². The third-order valence-corrected chi connectivity index (χ3v) is 7.62. The average Bonchev–Trinajstić information content (AvgIpc) is 2.66. The molecule has 3 rings (SSSR count). The van der Waals surface area contributed by atoms with Gasteiger partial charge in [-0.3, -0.25) is 4.79 Å².